The van der Waals surface area contributed by atoms with Crippen LogP contribution in [-0.2, 0) is 15.0 Å². The van der Waals surface area contributed by atoms with Crippen LogP contribution in [0.3, 0.4) is 0 Å². The van der Waals surface area contributed by atoms with Gasteiger partial charge in [-0.1, -0.05) is 6.07 Å². The van der Waals surface area contributed by atoms with Crippen LogP contribution in [0.15, 0.2) is 24.4 Å². The molecule has 6 aliphatic rings. The van der Waals surface area contributed by atoms with Gasteiger partial charge in [0.2, 0.25) is 11.8 Å². The van der Waals surface area contributed by atoms with Crippen molar-refractivity contribution in [3.63, 3.8) is 0 Å². The molecule has 1 aliphatic heterocycles. The minimum atomic E-state index is -0.343. The maximum Gasteiger partial charge on any atom is 0.230 e. The number of primary amides is 1. The summed E-state index contributed by atoms with van der Waals surface area (Å²) < 4.78 is 0. The monoisotopic (exact) mass is 393 g/mol. The fourth-order valence-electron chi connectivity index (χ4n) is 8.33. The molecule has 154 valence electrons. The Morgan fingerprint density at radius 2 is 1.83 bits per heavy atom. The van der Waals surface area contributed by atoms with Crippen molar-refractivity contribution in [3.8, 4) is 0 Å². The first-order chi connectivity index (χ1) is 13.8. The molecule has 0 aromatic carbocycles. The first kappa shape index (κ1) is 17.9. The van der Waals surface area contributed by atoms with Gasteiger partial charge in [0, 0.05) is 28.8 Å². The predicted octanol–water partition coefficient (Wildman–Crippen LogP) is 3.03. The summed E-state index contributed by atoms with van der Waals surface area (Å²) >= 11 is 0. The zero-order chi connectivity index (χ0) is 20.2. The van der Waals surface area contributed by atoms with Crippen LogP contribution < -0.4 is 5.73 Å². The zero-order valence-corrected chi connectivity index (χ0v) is 17.4. The molecule has 1 saturated heterocycles. The van der Waals surface area contributed by atoms with Gasteiger partial charge in [-0.05, 0) is 88.7 Å². The molecule has 29 heavy (non-hydrogen) atoms. The Morgan fingerprint density at radius 1 is 1.14 bits per heavy atom. The number of β-lactam (4-membered cyclic amide) rings is 1. The van der Waals surface area contributed by atoms with Crippen molar-refractivity contribution in [2.75, 3.05) is 0 Å². The van der Waals surface area contributed by atoms with E-state index < -0.39 is 0 Å². The number of hydrogen-bond acceptors (Lipinski definition) is 3. The van der Waals surface area contributed by atoms with Crippen molar-refractivity contribution >= 4 is 11.8 Å². The molecule has 5 nitrogen and oxygen atoms in total. The molecule has 0 radical (unpaired) electrons. The van der Waals surface area contributed by atoms with Gasteiger partial charge in [0.05, 0.1) is 11.5 Å². The van der Waals surface area contributed by atoms with Gasteiger partial charge in [-0.15, -0.1) is 0 Å². The summed E-state index contributed by atoms with van der Waals surface area (Å²) in [6.45, 7) is 4.25. The van der Waals surface area contributed by atoms with Crippen LogP contribution >= 0.6 is 0 Å². The normalized spacial score (nSPS) is 43.2. The molecule has 5 unspecified atom stereocenters. The Labute approximate surface area is 172 Å². The van der Waals surface area contributed by atoms with E-state index in [2.05, 4.69) is 30.9 Å². The first-order valence-corrected chi connectivity index (χ1v) is 11.3. The number of rotatable bonds is 4. The summed E-state index contributed by atoms with van der Waals surface area (Å²) in [5.74, 6) is 1.67. The molecule has 2 N–H and O–H groups in total. The average Bonchev–Trinajstić information content (AvgIpc) is 3.47. The summed E-state index contributed by atoms with van der Waals surface area (Å²) in [6.07, 6.45) is 9.15. The lowest BCUT2D eigenvalue weighted by Gasteiger charge is -2.67. The molecule has 5 aliphatic carbocycles. The van der Waals surface area contributed by atoms with Crippen LogP contribution in [-0.4, -0.2) is 33.8 Å². The van der Waals surface area contributed by atoms with Gasteiger partial charge >= 0.3 is 0 Å². The van der Waals surface area contributed by atoms with E-state index in [1.54, 1.807) is 0 Å². The van der Waals surface area contributed by atoms with E-state index in [0.29, 0.717) is 23.7 Å². The molecular formula is C24H31N3O2. The summed E-state index contributed by atoms with van der Waals surface area (Å²) in [7, 11) is 0. The largest absolute Gasteiger partial charge is 0.369 e. The van der Waals surface area contributed by atoms with Crippen LogP contribution in [0.25, 0.3) is 0 Å². The standard InChI is InChI=1S/C24H31N3O2/c1-22(2)19(24(6-7-24)17-5-3-4-8-26-17)27(21(22)29)18-15-9-14-10-16(18)13-23(11-14,12-15)20(25)28/h3-5,8,14-16,18-19H,6-7,9-13H2,1-2H3,(H2,25,28)/t14?,15-,16?,18?,19?,23?/m0/s1. The molecular weight excluding hydrogens is 362 g/mol. The second-order valence-corrected chi connectivity index (χ2v) is 11.3. The van der Waals surface area contributed by atoms with Gasteiger partial charge in [0.1, 0.15) is 0 Å². The fraction of sp³-hybridized carbons (Fsp3) is 0.708. The van der Waals surface area contributed by atoms with E-state index in [1.807, 2.05) is 12.3 Å². The van der Waals surface area contributed by atoms with E-state index in [9.17, 15) is 9.59 Å². The quantitative estimate of drug-likeness (QED) is 0.799. The molecule has 2 heterocycles. The Kier molecular flexibility index (Phi) is 3.34. The molecule has 5 saturated carbocycles. The predicted molar refractivity (Wildman–Crippen MR) is 109 cm³/mol. The van der Waals surface area contributed by atoms with Crippen molar-refractivity contribution in [2.45, 2.75) is 76.3 Å². The summed E-state index contributed by atoms with van der Waals surface area (Å²) in [5, 5.41) is 0. The molecule has 7 rings (SSSR count). The van der Waals surface area contributed by atoms with Crippen LogP contribution in [0.5, 0.6) is 0 Å². The highest BCUT2D eigenvalue weighted by atomic mass is 16.2. The molecule has 1 aromatic rings. The number of amides is 2. The molecule has 0 spiro atoms. The summed E-state index contributed by atoms with van der Waals surface area (Å²) in [5.41, 5.74) is 6.40. The second-order valence-electron chi connectivity index (χ2n) is 11.3. The van der Waals surface area contributed by atoms with Gasteiger partial charge in [-0.25, -0.2) is 0 Å². The lowest BCUT2D eigenvalue weighted by atomic mass is 9.46. The maximum atomic E-state index is 13.5. The highest BCUT2D eigenvalue weighted by Gasteiger charge is 2.72. The van der Waals surface area contributed by atoms with Crippen molar-refractivity contribution in [1.82, 2.24) is 9.88 Å². The van der Waals surface area contributed by atoms with Gasteiger partial charge in [-0.3, -0.25) is 14.6 Å². The number of carbonyl (C=O) groups excluding carboxylic acids is 2. The molecule has 4 bridgehead atoms. The number of aromatic nitrogens is 1. The van der Waals surface area contributed by atoms with Crippen molar-refractivity contribution in [3.05, 3.63) is 30.1 Å². The topological polar surface area (TPSA) is 76.3 Å². The van der Waals surface area contributed by atoms with E-state index >= 15 is 0 Å². The number of nitrogens with zero attached hydrogens (tertiary/aromatic N) is 2. The molecule has 6 atom stereocenters. The highest BCUT2D eigenvalue weighted by Crippen LogP contribution is 2.66. The Morgan fingerprint density at radius 3 is 2.38 bits per heavy atom. The number of pyridine rings is 1. The molecule has 6 fully saturated rings. The van der Waals surface area contributed by atoms with Crippen molar-refractivity contribution in [1.29, 1.82) is 0 Å². The molecule has 1 aromatic heterocycles. The van der Waals surface area contributed by atoms with Gasteiger partial charge in [-0.2, -0.15) is 0 Å². The maximum absolute atomic E-state index is 13.5. The second kappa shape index (κ2) is 5.41. The SMILES string of the molecule is CC1(C)C(=O)N(C2C3CC4C[C@H]2CC(C(N)=O)(C4)C3)C1C1(c2ccccn2)CC1. The summed E-state index contributed by atoms with van der Waals surface area (Å²) in [4.78, 5) is 32.8. The van der Waals surface area contributed by atoms with E-state index in [4.69, 9.17) is 10.7 Å². The van der Waals surface area contributed by atoms with Gasteiger partial charge in [0.15, 0.2) is 0 Å². The Balaban J connectivity index is 1.37. The molecule has 5 heteroatoms. The van der Waals surface area contributed by atoms with Crippen LogP contribution in [0.4, 0.5) is 0 Å². The van der Waals surface area contributed by atoms with E-state index in [0.717, 1.165) is 50.6 Å². The number of nitrogens with two attached hydrogens (primary N) is 1. The third-order valence-corrected chi connectivity index (χ3v) is 9.30. The number of hydrogen-bond donors (Lipinski definition) is 1. The lowest BCUT2D eigenvalue weighted by molar-refractivity contribution is -0.201. The third-order valence-electron chi connectivity index (χ3n) is 9.30. The lowest BCUT2D eigenvalue weighted by Crippen LogP contribution is -2.77. The van der Waals surface area contributed by atoms with E-state index in [-0.39, 0.29) is 34.2 Å². The van der Waals surface area contributed by atoms with Gasteiger partial charge < -0.3 is 10.6 Å². The highest BCUT2D eigenvalue weighted by molar-refractivity contribution is 5.91. The minimum absolute atomic E-state index is 0.00864. The van der Waals surface area contributed by atoms with E-state index in [1.165, 1.54) is 0 Å². The number of likely N-dealkylation sites (tertiary alicyclic amines) is 1. The third kappa shape index (κ3) is 2.14. The minimum Gasteiger partial charge on any atom is -0.369 e. The van der Waals surface area contributed by atoms with Gasteiger partial charge in [0.25, 0.3) is 0 Å². The average molecular weight is 394 g/mol. The first-order valence-electron chi connectivity index (χ1n) is 11.3. The molecule has 2 amide bonds. The fourth-order valence-corrected chi connectivity index (χ4v) is 8.33. The Hall–Kier alpha value is -1.91. The zero-order valence-electron chi connectivity index (χ0n) is 17.4. The number of carbonyl (C=O) groups is 2. The summed E-state index contributed by atoms with van der Waals surface area (Å²) in [6, 6.07) is 6.67. The van der Waals surface area contributed by atoms with Crippen molar-refractivity contribution < 1.29 is 9.59 Å². The van der Waals surface area contributed by atoms with Crippen molar-refractivity contribution in [2.24, 2.45) is 34.3 Å². The smallest absolute Gasteiger partial charge is 0.230 e. The van der Waals surface area contributed by atoms with Crippen LogP contribution in [0.1, 0.15) is 64.5 Å². The van der Waals surface area contributed by atoms with Crippen LogP contribution in [0.2, 0.25) is 0 Å². The van der Waals surface area contributed by atoms with Crippen LogP contribution in [0, 0.1) is 28.6 Å². The Bertz CT molecular complexity index is 875.